The summed E-state index contributed by atoms with van der Waals surface area (Å²) in [6.45, 7) is 3.91. The van der Waals surface area contributed by atoms with E-state index in [1.54, 1.807) is 0 Å². The van der Waals surface area contributed by atoms with Gasteiger partial charge in [0.15, 0.2) is 0 Å². The van der Waals surface area contributed by atoms with Crippen molar-refractivity contribution in [2.75, 3.05) is 0 Å². The molecule has 1 rings (SSSR count). The van der Waals surface area contributed by atoms with Gasteiger partial charge >= 0.3 is 0 Å². The van der Waals surface area contributed by atoms with Gasteiger partial charge in [-0.3, -0.25) is 0 Å². The third kappa shape index (κ3) is 4.29. The number of rotatable bonds is 4. The topological polar surface area (TPSA) is 0 Å². The zero-order chi connectivity index (χ0) is 8.81. The van der Waals surface area contributed by atoms with Crippen LogP contribution in [0.3, 0.4) is 0 Å². The zero-order valence-corrected chi connectivity index (χ0v) is 9.72. The summed E-state index contributed by atoms with van der Waals surface area (Å²) in [5.74, 6) is 0.964. The summed E-state index contributed by atoms with van der Waals surface area (Å²) in [4.78, 5) is 0. The monoisotopic (exact) mass is 276 g/mol. The fraction of sp³-hybridized carbons (Fsp3) is 0.636. The van der Waals surface area contributed by atoms with Gasteiger partial charge in [0.1, 0.15) is 0 Å². The first kappa shape index (κ1) is 10.3. The van der Waals surface area contributed by atoms with Crippen LogP contribution in [0.4, 0.5) is 0 Å². The Balaban J connectivity index is 2.06. The Morgan fingerprint density at radius 1 is 1.50 bits per heavy atom. The van der Waals surface area contributed by atoms with Gasteiger partial charge in [-0.2, -0.15) is 0 Å². The van der Waals surface area contributed by atoms with Crippen molar-refractivity contribution >= 4 is 22.6 Å². The summed E-state index contributed by atoms with van der Waals surface area (Å²) in [6, 6.07) is 0. The highest BCUT2D eigenvalue weighted by Crippen LogP contribution is 2.24. The summed E-state index contributed by atoms with van der Waals surface area (Å²) in [5.41, 5.74) is 0. The van der Waals surface area contributed by atoms with Crippen LogP contribution >= 0.6 is 22.6 Å². The van der Waals surface area contributed by atoms with Crippen LogP contribution in [-0.4, -0.2) is 0 Å². The minimum Gasteiger partial charge on any atom is -0.0897 e. The Bertz CT molecular complexity index is 170. The lowest BCUT2D eigenvalue weighted by Crippen LogP contribution is -2.01. The maximum Gasteiger partial charge on any atom is -0.0166 e. The van der Waals surface area contributed by atoms with Crippen LogP contribution in [0.5, 0.6) is 0 Å². The van der Waals surface area contributed by atoms with Gasteiger partial charge in [-0.25, -0.2) is 0 Å². The lowest BCUT2D eigenvalue weighted by molar-refractivity contribution is 0.433. The molecule has 1 unspecified atom stereocenters. The molecule has 0 fully saturated rings. The fourth-order valence-corrected chi connectivity index (χ4v) is 2.08. The van der Waals surface area contributed by atoms with E-state index in [4.69, 9.17) is 0 Å². The Morgan fingerprint density at radius 3 is 2.92 bits per heavy atom. The highest BCUT2D eigenvalue weighted by atomic mass is 127. The molecule has 12 heavy (non-hydrogen) atoms. The van der Waals surface area contributed by atoms with Gasteiger partial charge in [0.25, 0.3) is 0 Å². The summed E-state index contributed by atoms with van der Waals surface area (Å²) in [6.07, 6.45) is 12.6. The first-order valence-electron chi connectivity index (χ1n) is 4.77. The third-order valence-corrected chi connectivity index (χ3v) is 2.98. The molecule has 0 N–H and O–H groups in total. The largest absolute Gasteiger partial charge is 0.0897 e. The lowest BCUT2D eigenvalue weighted by atomic mass is 9.90. The van der Waals surface area contributed by atoms with Gasteiger partial charge in [-0.15, -0.1) is 0 Å². The summed E-state index contributed by atoms with van der Waals surface area (Å²) >= 11 is 2.33. The predicted molar refractivity (Wildman–Crippen MR) is 63.5 cm³/mol. The Kier molecular flexibility index (Phi) is 4.96. The predicted octanol–water partition coefficient (Wildman–Crippen LogP) is 4.46. The van der Waals surface area contributed by atoms with Crippen LogP contribution in [0.1, 0.15) is 38.5 Å². The second kappa shape index (κ2) is 5.79. The van der Waals surface area contributed by atoms with Gasteiger partial charge in [-0.1, -0.05) is 18.7 Å². The standard InChI is InChI=1S/C11H17I/c1-10(12)6-5-9-11-7-3-2-4-8-11/h2-3,11H,1,4-9H2. The molecular formula is C11H17I. The SMILES string of the molecule is C=C(I)CCCC1CC=CCC1. The van der Waals surface area contributed by atoms with Gasteiger partial charge in [0, 0.05) is 0 Å². The number of hydrogen-bond donors (Lipinski definition) is 0. The van der Waals surface area contributed by atoms with E-state index < -0.39 is 0 Å². The van der Waals surface area contributed by atoms with Crippen molar-refractivity contribution in [3.63, 3.8) is 0 Å². The normalized spacial score (nSPS) is 22.6. The molecule has 0 saturated heterocycles. The average Bonchev–Trinajstić information content (AvgIpc) is 2.05. The van der Waals surface area contributed by atoms with E-state index in [2.05, 4.69) is 41.3 Å². The molecule has 68 valence electrons. The van der Waals surface area contributed by atoms with Crippen molar-refractivity contribution in [2.24, 2.45) is 5.92 Å². The summed E-state index contributed by atoms with van der Waals surface area (Å²) in [7, 11) is 0. The van der Waals surface area contributed by atoms with Crippen LogP contribution in [0.25, 0.3) is 0 Å². The molecule has 0 aromatic rings. The molecule has 0 nitrogen and oxygen atoms in total. The second-order valence-corrected chi connectivity index (χ2v) is 5.09. The number of halogens is 1. The Labute approximate surface area is 89.3 Å². The molecule has 0 spiro atoms. The lowest BCUT2D eigenvalue weighted by Gasteiger charge is -2.16. The fourth-order valence-electron chi connectivity index (χ4n) is 1.70. The van der Waals surface area contributed by atoms with Crippen LogP contribution in [0, 0.1) is 5.92 Å². The minimum absolute atomic E-state index is 0.964. The van der Waals surface area contributed by atoms with Crippen LogP contribution < -0.4 is 0 Å². The first-order valence-corrected chi connectivity index (χ1v) is 5.85. The molecule has 0 radical (unpaired) electrons. The van der Waals surface area contributed by atoms with Crippen LogP contribution in [-0.2, 0) is 0 Å². The molecule has 1 aliphatic rings. The number of hydrogen-bond acceptors (Lipinski definition) is 0. The molecule has 1 aliphatic carbocycles. The highest BCUT2D eigenvalue weighted by Gasteiger charge is 2.08. The molecule has 0 saturated carbocycles. The van der Waals surface area contributed by atoms with Crippen molar-refractivity contribution in [2.45, 2.75) is 38.5 Å². The van der Waals surface area contributed by atoms with Gasteiger partial charge in [0.05, 0.1) is 0 Å². The summed E-state index contributed by atoms with van der Waals surface area (Å²) in [5, 5.41) is 0. The average molecular weight is 276 g/mol. The maximum atomic E-state index is 3.91. The molecule has 0 amide bonds. The molecular weight excluding hydrogens is 259 g/mol. The van der Waals surface area contributed by atoms with Crippen molar-refractivity contribution < 1.29 is 0 Å². The van der Waals surface area contributed by atoms with Crippen LogP contribution in [0.2, 0.25) is 0 Å². The number of allylic oxidation sites excluding steroid dienone is 3. The molecule has 1 atom stereocenters. The van der Waals surface area contributed by atoms with Crippen molar-refractivity contribution in [1.82, 2.24) is 0 Å². The van der Waals surface area contributed by atoms with Gasteiger partial charge in [-0.05, 0) is 70.6 Å². The van der Waals surface area contributed by atoms with Crippen LogP contribution in [0.15, 0.2) is 22.3 Å². The van der Waals surface area contributed by atoms with Gasteiger partial charge in [0.2, 0.25) is 0 Å². The molecule has 0 aromatic heterocycles. The van der Waals surface area contributed by atoms with E-state index in [1.807, 2.05) is 0 Å². The molecule has 0 aromatic carbocycles. The quantitative estimate of drug-likeness (QED) is 0.525. The smallest absolute Gasteiger partial charge is 0.0166 e. The van der Waals surface area contributed by atoms with E-state index in [0.29, 0.717) is 0 Å². The van der Waals surface area contributed by atoms with E-state index in [-0.39, 0.29) is 0 Å². The maximum absolute atomic E-state index is 3.91. The first-order chi connectivity index (χ1) is 5.79. The van der Waals surface area contributed by atoms with E-state index >= 15 is 0 Å². The van der Waals surface area contributed by atoms with Crippen molar-refractivity contribution in [3.05, 3.63) is 22.3 Å². The van der Waals surface area contributed by atoms with E-state index in [9.17, 15) is 0 Å². The van der Waals surface area contributed by atoms with E-state index in [0.717, 1.165) is 5.92 Å². The molecule has 0 heterocycles. The molecule has 1 heteroatoms. The van der Waals surface area contributed by atoms with Gasteiger partial charge < -0.3 is 0 Å². The molecule has 0 bridgehead atoms. The zero-order valence-electron chi connectivity index (χ0n) is 7.56. The van der Waals surface area contributed by atoms with Crippen molar-refractivity contribution in [1.29, 1.82) is 0 Å². The molecule has 0 aliphatic heterocycles. The Hall–Kier alpha value is 0.210. The third-order valence-electron chi connectivity index (χ3n) is 2.44. The second-order valence-electron chi connectivity index (χ2n) is 3.56. The Morgan fingerprint density at radius 2 is 2.33 bits per heavy atom. The minimum atomic E-state index is 0.964. The van der Waals surface area contributed by atoms with Crippen molar-refractivity contribution in [3.8, 4) is 0 Å². The summed E-state index contributed by atoms with van der Waals surface area (Å²) < 4.78 is 1.30. The van der Waals surface area contributed by atoms with E-state index in [1.165, 1.54) is 42.1 Å². The highest BCUT2D eigenvalue weighted by molar-refractivity contribution is 14.1.